The molecular weight excluding hydrogens is 371 g/mol. The van der Waals surface area contributed by atoms with E-state index in [1.54, 1.807) is 17.7 Å². The Labute approximate surface area is 160 Å². The fourth-order valence-electron chi connectivity index (χ4n) is 5.07. The Balaban J connectivity index is 1.70. The molecule has 8 heteroatoms. The lowest BCUT2D eigenvalue weighted by Crippen LogP contribution is -2.53. The van der Waals surface area contributed by atoms with Crippen molar-refractivity contribution >= 4 is 5.97 Å². The lowest BCUT2D eigenvalue weighted by molar-refractivity contribution is -0.673. The number of fused-ring (bicyclic) bond motifs is 3. The van der Waals surface area contributed by atoms with Gasteiger partial charge in [-0.1, -0.05) is 12.1 Å². The molecule has 150 valence electrons. The molecule has 5 nitrogen and oxygen atoms in total. The molecule has 5 rings (SSSR count). The van der Waals surface area contributed by atoms with E-state index in [0.717, 1.165) is 50.4 Å². The van der Waals surface area contributed by atoms with Crippen LogP contribution in [0.3, 0.4) is 0 Å². The minimum absolute atomic E-state index is 0.0620. The van der Waals surface area contributed by atoms with E-state index in [9.17, 15) is 18.0 Å². The third kappa shape index (κ3) is 2.72. The molecule has 0 saturated heterocycles. The number of hydrogen-bond acceptors (Lipinski definition) is 3. The second-order valence-corrected chi connectivity index (χ2v) is 8.05. The largest absolute Gasteiger partial charge is 0.469 e. The molecule has 0 unspecified atom stereocenters. The average Bonchev–Trinajstić information content (AvgIpc) is 3.10. The summed E-state index contributed by atoms with van der Waals surface area (Å²) in [6.07, 6.45) is 0.111. The van der Waals surface area contributed by atoms with Crippen LogP contribution in [0, 0.1) is 5.41 Å². The molecule has 0 aliphatic heterocycles. The number of carbonyl (C=O) groups is 1. The second-order valence-electron chi connectivity index (χ2n) is 8.05. The Hall–Kier alpha value is -2.38. The van der Waals surface area contributed by atoms with Gasteiger partial charge in [0.05, 0.1) is 36.1 Å². The van der Waals surface area contributed by atoms with Crippen LogP contribution in [-0.2, 0) is 28.2 Å². The van der Waals surface area contributed by atoms with Crippen LogP contribution < -0.4 is 4.57 Å². The van der Waals surface area contributed by atoms with Crippen molar-refractivity contribution in [2.75, 3.05) is 7.11 Å². The van der Waals surface area contributed by atoms with Crippen molar-refractivity contribution < 1.29 is 27.3 Å². The van der Waals surface area contributed by atoms with Crippen molar-refractivity contribution in [1.29, 1.82) is 0 Å². The summed E-state index contributed by atoms with van der Waals surface area (Å²) in [5, 5.41) is 7.28. The number of aromatic nitrogens is 3. The van der Waals surface area contributed by atoms with Gasteiger partial charge < -0.3 is 4.74 Å². The molecule has 1 N–H and O–H groups in total. The summed E-state index contributed by atoms with van der Waals surface area (Å²) < 4.78 is 47.1. The van der Waals surface area contributed by atoms with Crippen LogP contribution in [0.25, 0.3) is 11.4 Å². The molecule has 0 atom stereocenters. The number of halogens is 3. The van der Waals surface area contributed by atoms with Gasteiger partial charge in [0.1, 0.15) is 0 Å². The predicted molar refractivity (Wildman–Crippen MR) is 94.0 cm³/mol. The van der Waals surface area contributed by atoms with E-state index in [1.807, 2.05) is 0 Å². The number of ether oxygens (including phenoxy) is 1. The number of nitrogens with one attached hydrogen (secondary N) is 1. The molecule has 28 heavy (non-hydrogen) atoms. The van der Waals surface area contributed by atoms with E-state index in [0.29, 0.717) is 0 Å². The first-order valence-electron chi connectivity index (χ1n) is 9.42. The van der Waals surface area contributed by atoms with Gasteiger partial charge in [0, 0.05) is 5.10 Å². The normalized spacial score (nSPS) is 27.0. The smallest absolute Gasteiger partial charge is 0.417 e. The molecule has 0 radical (unpaired) electrons. The third-order valence-electron chi connectivity index (χ3n) is 6.76. The standard InChI is InChI=1S/C20H22F3N3O2/c1-26-15(13-5-3-4-6-14(13)20(21,22)23)24-25-16(26)18-7-10-19(11-8-18,12-9-18)17(27)28-2/h3-6H,7-12H2,1-2H3/p+1. The van der Waals surface area contributed by atoms with Gasteiger partial charge in [0.25, 0.3) is 0 Å². The number of H-pyrrole nitrogens is 1. The monoisotopic (exact) mass is 394 g/mol. The van der Waals surface area contributed by atoms with Gasteiger partial charge in [0.15, 0.2) is 0 Å². The van der Waals surface area contributed by atoms with Crippen molar-refractivity contribution in [2.24, 2.45) is 12.5 Å². The minimum atomic E-state index is -4.45. The summed E-state index contributed by atoms with van der Waals surface area (Å²) in [6, 6.07) is 5.49. The maximum atomic E-state index is 13.4. The highest BCUT2D eigenvalue weighted by Gasteiger charge is 2.57. The summed E-state index contributed by atoms with van der Waals surface area (Å²) in [7, 11) is 3.18. The maximum Gasteiger partial charge on any atom is 0.417 e. The Morgan fingerprint density at radius 2 is 1.75 bits per heavy atom. The van der Waals surface area contributed by atoms with Gasteiger partial charge >= 0.3 is 18.0 Å². The molecule has 0 amide bonds. The first kappa shape index (κ1) is 19.0. The summed E-state index contributed by atoms with van der Waals surface area (Å²) in [4.78, 5) is 12.2. The van der Waals surface area contributed by atoms with E-state index in [4.69, 9.17) is 4.74 Å². The van der Waals surface area contributed by atoms with Gasteiger partial charge in [-0.3, -0.25) is 4.79 Å². The number of methoxy groups -OCH3 is 1. The van der Waals surface area contributed by atoms with Crippen molar-refractivity contribution in [3.05, 3.63) is 35.7 Å². The van der Waals surface area contributed by atoms with Crippen LogP contribution in [-0.4, -0.2) is 23.3 Å². The van der Waals surface area contributed by atoms with E-state index in [1.165, 1.54) is 19.2 Å². The molecule has 3 saturated carbocycles. The maximum absolute atomic E-state index is 13.4. The number of esters is 1. The van der Waals surface area contributed by atoms with Gasteiger partial charge in [-0.15, -0.1) is 5.10 Å². The second kappa shape index (κ2) is 6.32. The van der Waals surface area contributed by atoms with Gasteiger partial charge in [-0.2, -0.15) is 13.2 Å². The van der Waals surface area contributed by atoms with Crippen LogP contribution in [0.2, 0.25) is 0 Å². The number of hydrogen-bond donors (Lipinski definition) is 1. The van der Waals surface area contributed by atoms with Gasteiger partial charge in [0.2, 0.25) is 5.82 Å². The van der Waals surface area contributed by atoms with E-state index in [-0.39, 0.29) is 22.8 Å². The number of benzene rings is 1. The quantitative estimate of drug-likeness (QED) is 0.638. The van der Waals surface area contributed by atoms with Crippen molar-refractivity contribution in [2.45, 2.75) is 50.1 Å². The van der Waals surface area contributed by atoms with Crippen LogP contribution in [0.15, 0.2) is 24.3 Å². The van der Waals surface area contributed by atoms with Crippen LogP contribution in [0.4, 0.5) is 13.2 Å². The highest BCUT2D eigenvalue weighted by atomic mass is 19.4. The predicted octanol–water partition coefficient (Wildman–Crippen LogP) is 3.69. The summed E-state index contributed by atoms with van der Waals surface area (Å²) in [6.45, 7) is 0. The topological polar surface area (TPSA) is 58.9 Å². The number of rotatable bonds is 3. The minimum Gasteiger partial charge on any atom is -0.469 e. The molecule has 2 aromatic rings. The van der Waals surface area contributed by atoms with Crippen molar-refractivity contribution in [1.82, 2.24) is 10.2 Å². The Morgan fingerprint density at radius 3 is 2.32 bits per heavy atom. The van der Waals surface area contributed by atoms with Crippen molar-refractivity contribution in [3.63, 3.8) is 0 Å². The third-order valence-corrected chi connectivity index (χ3v) is 6.76. The lowest BCUT2D eigenvalue weighted by Gasteiger charge is -2.49. The zero-order valence-electron chi connectivity index (χ0n) is 15.9. The number of aromatic amines is 1. The van der Waals surface area contributed by atoms with Crippen LogP contribution >= 0.6 is 0 Å². The zero-order valence-corrected chi connectivity index (χ0v) is 15.9. The molecule has 2 bridgehead atoms. The van der Waals surface area contributed by atoms with E-state index >= 15 is 0 Å². The Morgan fingerprint density at radius 1 is 1.14 bits per heavy atom. The number of carbonyl (C=O) groups excluding carboxylic acids is 1. The van der Waals surface area contributed by atoms with Gasteiger partial charge in [-0.25, -0.2) is 4.57 Å². The van der Waals surface area contributed by atoms with Crippen LogP contribution in [0.5, 0.6) is 0 Å². The van der Waals surface area contributed by atoms with Crippen LogP contribution in [0.1, 0.15) is 49.9 Å². The summed E-state index contributed by atoms with van der Waals surface area (Å²) in [5.74, 6) is 0.958. The summed E-state index contributed by atoms with van der Waals surface area (Å²) >= 11 is 0. The molecule has 3 fully saturated rings. The first-order chi connectivity index (χ1) is 13.2. The molecule has 1 aromatic carbocycles. The fraction of sp³-hybridized carbons (Fsp3) is 0.550. The van der Waals surface area contributed by atoms with Gasteiger partial charge in [-0.05, 0) is 50.7 Å². The molecule has 3 aliphatic carbocycles. The molecule has 1 aromatic heterocycles. The fourth-order valence-corrected chi connectivity index (χ4v) is 5.07. The molecule has 1 heterocycles. The molecular formula is C20H23F3N3O2+. The van der Waals surface area contributed by atoms with E-state index < -0.39 is 17.2 Å². The average molecular weight is 394 g/mol. The number of nitrogens with zero attached hydrogens (tertiary/aromatic N) is 2. The molecule has 3 aliphatic rings. The zero-order chi connectivity index (χ0) is 20.2. The SMILES string of the molecule is COC(=O)C12CCC(c3[nH]nc(-c4ccccc4C(F)(F)F)[n+]3C)(CC1)CC2. The highest BCUT2D eigenvalue weighted by molar-refractivity contribution is 5.77. The first-order valence-corrected chi connectivity index (χ1v) is 9.42. The molecule has 0 spiro atoms. The number of alkyl halides is 3. The Kier molecular flexibility index (Phi) is 4.28. The summed E-state index contributed by atoms with van der Waals surface area (Å²) in [5.41, 5.74) is -1.23. The lowest BCUT2D eigenvalue weighted by atomic mass is 9.53. The van der Waals surface area contributed by atoms with Crippen molar-refractivity contribution in [3.8, 4) is 11.4 Å². The highest BCUT2D eigenvalue weighted by Crippen LogP contribution is 2.57. The Bertz CT molecular complexity index is 895. The van der Waals surface area contributed by atoms with E-state index in [2.05, 4.69) is 10.2 Å².